The summed E-state index contributed by atoms with van der Waals surface area (Å²) in [5.41, 5.74) is 4.63. The Morgan fingerprint density at radius 3 is 2.25 bits per heavy atom. The van der Waals surface area contributed by atoms with Gasteiger partial charge in [-0.1, -0.05) is 12.1 Å². The predicted octanol–water partition coefficient (Wildman–Crippen LogP) is 2.58. The van der Waals surface area contributed by atoms with Crippen LogP contribution in [0.25, 0.3) is 0 Å². The van der Waals surface area contributed by atoms with E-state index in [1.54, 1.807) is 7.11 Å². The van der Waals surface area contributed by atoms with E-state index in [9.17, 15) is 0 Å². The number of ether oxygens (including phenoxy) is 1. The van der Waals surface area contributed by atoms with Gasteiger partial charge in [-0.3, -0.25) is 0 Å². The average Bonchev–Trinajstić information content (AvgIpc) is 2.60. The molecular formula is C16H23N7O. The summed E-state index contributed by atoms with van der Waals surface area (Å²) < 4.78 is 5.23. The van der Waals surface area contributed by atoms with Gasteiger partial charge >= 0.3 is 0 Å². The number of methoxy groups -OCH3 is 1. The predicted molar refractivity (Wildman–Crippen MR) is 97.0 cm³/mol. The second-order valence-electron chi connectivity index (χ2n) is 4.91. The van der Waals surface area contributed by atoms with Crippen LogP contribution in [0.15, 0.2) is 29.4 Å². The minimum absolute atomic E-state index is 0.374. The average molecular weight is 329 g/mol. The maximum atomic E-state index is 5.23. The minimum Gasteiger partial charge on any atom is -0.497 e. The van der Waals surface area contributed by atoms with Crippen molar-refractivity contribution in [3.05, 3.63) is 29.8 Å². The van der Waals surface area contributed by atoms with Crippen molar-refractivity contribution in [2.24, 2.45) is 5.10 Å². The number of rotatable bonds is 8. The van der Waals surface area contributed by atoms with Gasteiger partial charge in [0.25, 0.3) is 0 Å². The molecule has 0 aliphatic carbocycles. The zero-order valence-corrected chi connectivity index (χ0v) is 14.4. The highest BCUT2D eigenvalue weighted by molar-refractivity contribution is 5.99. The van der Waals surface area contributed by atoms with E-state index < -0.39 is 0 Å². The lowest BCUT2D eigenvalue weighted by Crippen LogP contribution is -2.11. The van der Waals surface area contributed by atoms with Crippen LogP contribution >= 0.6 is 0 Å². The molecule has 0 radical (unpaired) electrons. The van der Waals surface area contributed by atoms with Crippen molar-refractivity contribution in [2.75, 3.05) is 36.3 Å². The first-order valence-electron chi connectivity index (χ1n) is 7.84. The Hall–Kier alpha value is -2.90. The Morgan fingerprint density at radius 2 is 1.67 bits per heavy atom. The normalized spacial score (nSPS) is 11.1. The fourth-order valence-electron chi connectivity index (χ4n) is 1.95. The van der Waals surface area contributed by atoms with Gasteiger partial charge in [0.2, 0.25) is 17.8 Å². The summed E-state index contributed by atoms with van der Waals surface area (Å²) in [6, 6.07) is 7.69. The largest absolute Gasteiger partial charge is 0.497 e. The fraction of sp³-hybridized carbons (Fsp3) is 0.375. The first-order chi connectivity index (χ1) is 11.7. The molecule has 0 aliphatic rings. The third-order valence-corrected chi connectivity index (χ3v) is 3.12. The molecule has 1 heterocycles. The van der Waals surface area contributed by atoms with Gasteiger partial charge in [-0.25, -0.2) is 5.43 Å². The van der Waals surface area contributed by atoms with Crippen LogP contribution in [0, 0.1) is 0 Å². The van der Waals surface area contributed by atoms with Crippen LogP contribution < -0.4 is 20.8 Å². The molecule has 0 atom stereocenters. The van der Waals surface area contributed by atoms with E-state index in [-0.39, 0.29) is 0 Å². The van der Waals surface area contributed by atoms with Crippen LogP contribution in [0.3, 0.4) is 0 Å². The molecule has 0 unspecified atom stereocenters. The van der Waals surface area contributed by atoms with Crippen LogP contribution in [-0.2, 0) is 0 Å². The molecule has 1 aromatic carbocycles. The zero-order chi connectivity index (χ0) is 17.4. The van der Waals surface area contributed by atoms with E-state index >= 15 is 0 Å². The lowest BCUT2D eigenvalue weighted by Gasteiger charge is -2.08. The van der Waals surface area contributed by atoms with Crippen molar-refractivity contribution in [3.8, 4) is 5.75 Å². The van der Waals surface area contributed by atoms with E-state index in [1.165, 1.54) is 0 Å². The summed E-state index contributed by atoms with van der Waals surface area (Å²) in [7, 11) is 1.64. The van der Waals surface area contributed by atoms with E-state index in [0.29, 0.717) is 17.8 Å². The molecule has 0 saturated heterocycles. The number of hydrogen-bond acceptors (Lipinski definition) is 8. The van der Waals surface area contributed by atoms with E-state index in [1.807, 2.05) is 45.0 Å². The van der Waals surface area contributed by atoms with Crippen molar-refractivity contribution in [3.63, 3.8) is 0 Å². The number of benzene rings is 1. The van der Waals surface area contributed by atoms with Gasteiger partial charge in [0.05, 0.1) is 12.8 Å². The Labute approximate surface area is 141 Å². The molecular weight excluding hydrogens is 306 g/mol. The van der Waals surface area contributed by atoms with Gasteiger partial charge < -0.3 is 15.4 Å². The minimum atomic E-state index is 0.374. The Morgan fingerprint density at radius 1 is 1.04 bits per heavy atom. The number of nitrogens with one attached hydrogen (secondary N) is 3. The molecule has 24 heavy (non-hydrogen) atoms. The van der Waals surface area contributed by atoms with Crippen LogP contribution in [0.4, 0.5) is 17.8 Å². The number of nitrogens with zero attached hydrogens (tertiary/aromatic N) is 4. The van der Waals surface area contributed by atoms with Gasteiger partial charge in [0, 0.05) is 18.7 Å². The van der Waals surface area contributed by atoms with Gasteiger partial charge in [-0.15, -0.1) is 0 Å². The smallest absolute Gasteiger partial charge is 0.250 e. The molecule has 3 N–H and O–H groups in total. The van der Waals surface area contributed by atoms with Gasteiger partial charge in [0.15, 0.2) is 0 Å². The highest BCUT2D eigenvalue weighted by Crippen LogP contribution is 2.14. The van der Waals surface area contributed by atoms with Gasteiger partial charge in [0.1, 0.15) is 5.75 Å². The highest BCUT2D eigenvalue weighted by atomic mass is 16.5. The van der Waals surface area contributed by atoms with E-state index in [4.69, 9.17) is 4.74 Å². The molecule has 0 amide bonds. The molecule has 8 nitrogen and oxygen atoms in total. The second-order valence-corrected chi connectivity index (χ2v) is 4.91. The molecule has 0 spiro atoms. The second kappa shape index (κ2) is 8.66. The Balaban J connectivity index is 2.19. The number of hydrazone groups is 1. The molecule has 0 saturated carbocycles. The molecule has 2 aromatic rings. The first kappa shape index (κ1) is 17.5. The Bertz CT molecular complexity index is 678. The lowest BCUT2D eigenvalue weighted by atomic mass is 10.1. The quantitative estimate of drug-likeness (QED) is 0.506. The fourth-order valence-corrected chi connectivity index (χ4v) is 1.95. The SMILES string of the molecule is CCNc1nc(NCC)nc(N/N=C(\C)c2cccc(OC)c2)n1. The van der Waals surface area contributed by atoms with Crippen LogP contribution in [-0.4, -0.2) is 40.9 Å². The number of hydrogen-bond donors (Lipinski definition) is 3. The summed E-state index contributed by atoms with van der Waals surface area (Å²) in [5.74, 6) is 2.16. The van der Waals surface area contributed by atoms with Crippen LogP contribution in [0.2, 0.25) is 0 Å². The lowest BCUT2D eigenvalue weighted by molar-refractivity contribution is 0.414. The van der Waals surface area contributed by atoms with Gasteiger partial charge in [-0.05, 0) is 32.9 Å². The van der Waals surface area contributed by atoms with Crippen molar-refractivity contribution in [1.82, 2.24) is 15.0 Å². The monoisotopic (exact) mass is 329 g/mol. The number of aromatic nitrogens is 3. The summed E-state index contributed by atoms with van der Waals surface area (Å²) in [6.45, 7) is 7.31. The van der Waals surface area contributed by atoms with Crippen molar-refractivity contribution in [2.45, 2.75) is 20.8 Å². The first-order valence-corrected chi connectivity index (χ1v) is 7.84. The topological polar surface area (TPSA) is 96.4 Å². The molecule has 1 aromatic heterocycles. The zero-order valence-electron chi connectivity index (χ0n) is 14.4. The third kappa shape index (κ3) is 4.80. The molecule has 128 valence electrons. The summed E-state index contributed by atoms with van der Waals surface area (Å²) >= 11 is 0. The maximum Gasteiger partial charge on any atom is 0.250 e. The Kier molecular flexibility index (Phi) is 6.30. The summed E-state index contributed by atoms with van der Waals surface area (Å²) in [4.78, 5) is 12.8. The van der Waals surface area contributed by atoms with Crippen LogP contribution in [0.1, 0.15) is 26.3 Å². The molecule has 8 heteroatoms. The summed E-state index contributed by atoms with van der Waals surface area (Å²) in [5, 5.41) is 10.5. The van der Waals surface area contributed by atoms with Crippen molar-refractivity contribution < 1.29 is 4.74 Å². The van der Waals surface area contributed by atoms with Crippen LogP contribution in [0.5, 0.6) is 5.75 Å². The molecule has 0 bridgehead atoms. The van der Waals surface area contributed by atoms with E-state index in [0.717, 1.165) is 30.1 Å². The summed E-state index contributed by atoms with van der Waals surface area (Å²) in [6.07, 6.45) is 0. The molecule has 0 aliphatic heterocycles. The van der Waals surface area contributed by atoms with Crippen molar-refractivity contribution in [1.29, 1.82) is 0 Å². The van der Waals surface area contributed by atoms with Gasteiger partial charge in [-0.2, -0.15) is 20.1 Å². The molecule has 2 rings (SSSR count). The standard InChI is InChI=1S/C16H23N7O/c1-5-17-14-19-15(18-6-2)21-16(20-14)23-22-11(3)12-8-7-9-13(10-12)24-4/h7-10H,5-6H2,1-4H3,(H3,17,18,19,20,21,23)/b22-11+. The highest BCUT2D eigenvalue weighted by Gasteiger charge is 2.05. The van der Waals surface area contributed by atoms with E-state index in [2.05, 4.69) is 36.1 Å². The maximum absolute atomic E-state index is 5.23. The third-order valence-electron chi connectivity index (χ3n) is 3.12. The molecule has 0 fully saturated rings. The number of anilines is 3. The van der Waals surface area contributed by atoms with Crippen molar-refractivity contribution >= 4 is 23.6 Å².